The van der Waals surface area contributed by atoms with E-state index in [4.69, 9.17) is 11.6 Å². The van der Waals surface area contributed by atoms with E-state index in [0.29, 0.717) is 12.2 Å². The first-order valence-corrected chi connectivity index (χ1v) is 8.66. The smallest absolute Gasteiger partial charge is 0.288 e. The van der Waals surface area contributed by atoms with Gasteiger partial charge in [0.2, 0.25) is 0 Å². The lowest BCUT2D eigenvalue weighted by Crippen LogP contribution is -2.36. The van der Waals surface area contributed by atoms with Gasteiger partial charge in [0.25, 0.3) is 5.56 Å². The average Bonchev–Trinajstić information content (AvgIpc) is 2.82. The maximum atomic E-state index is 12.4. The third-order valence-electron chi connectivity index (χ3n) is 4.41. The molecule has 0 spiro atoms. The number of nitrogens with one attached hydrogen (secondary N) is 2. The van der Waals surface area contributed by atoms with Crippen molar-refractivity contribution in [2.75, 3.05) is 5.32 Å². The van der Waals surface area contributed by atoms with Gasteiger partial charge in [0.15, 0.2) is 0 Å². The lowest BCUT2D eigenvalue weighted by molar-refractivity contribution is 0.338. The zero-order valence-electron chi connectivity index (χ0n) is 15.2. The average molecular weight is 359 g/mol. The molecule has 0 fully saturated rings. The highest BCUT2D eigenvalue weighted by Crippen LogP contribution is 2.24. The van der Waals surface area contributed by atoms with Crippen molar-refractivity contribution in [3.05, 3.63) is 56.6 Å². The van der Waals surface area contributed by atoms with Gasteiger partial charge in [0, 0.05) is 23.1 Å². The molecule has 3 rings (SSSR count). The molecule has 0 unspecified atom stereocenters. The van der Waals surface area contributed by atoms with Gasteiger partial charge in [-0.25, -0.2) is 4.68 Å². The molecule has 0 aliphatic heterocycles. The van der Waals surface area contributed by atoms with Crippen LogP contribution in [0.25, 0.3) is 10.9 Å². The summed E-state index contributed by atoms with van der Waals surface area (Å²) in [4.78, 5) is 15.8. The first-order chi connectivity index (χ1) is 11.7. The predicted octanol–water partition coefficient (Wildman–Crippen LogP) is 4.36. The molecule has 6 heteroatoms. The quantitative estimate of drug-likeness (QED) is 0.731. The van der Waals surface area contributed by atoms with Crippen molar-refractivity contribution in [1.29, 1.82) is 0 Å². The monoisotopic (exact) mass is 358 g/mol. The summed E-state index contributed by atoms with van der Waals surface area (Å²) in [6, 6.07) is 6.28. The molecule has 0 bridgehead atoms. The number of fused-ring (bicyclic) bond motifs is 1. The van der Waals surface area contributed by atoms with Crippen molar-refractivity contribution >= 4 is 28.2 Å². The zero-order valence-corrected chi connectivity index (χ0v) is 16.0. The van der Waals surface area contributed by atoms with Gasteiger partial charge in [0.05, 0.1) is 17.4 Å². The van der Waals surface area contributed by atoms with Crippen LogP contribution in [-0.4, -0.2) is 14.8 Å². The summed E-state index contributed by atoms with van der Waals surface area (Å²) in [6.45, 7) is 10.5. The molecule has 1 aromatic carbocycles. The fraction of sp³-hybridized carbons (Fsp3) is 0.368. The summed E-state index contributed by atoms with van der Waals surface area (Å²) in [5, 5.41) is 8.84. The summed E-state index contributed by atoms with van der Waals surface area (Å²) >= 11 is 6.25. The standard InChI is InChI=1S/C19H23ClN4O/c1-11-12(2)23-15-7-6-13(8-14(11)15)9-21-16-10-22-24(19(3,4)5)18(25)17(16)20/h6-8,10,21,23H,9H2,1-5H3. The SMILES string of the molecule is Cc1[nH]c2ccc(CNc3cnn(C(C)(C)C)c(=O)c3Cl)cc2c1C. The number of hydrogen-bond donors (Lipinski definition) is 2. The van der Waals surface area contributed by atoms with Gasteiger partial charge in [-0.2, -0.15) is 5.10 Å². The number of aromatic nitrogens is 3. The minimum absolute atomic E-state index is 0.166. The van der Waals surface area contributed by atoms with E-state index in [2.05, 4.69) is 47.4 Å². The molecular formula is C19H23ClN4O. The number of anilines is 1. The number of benzene rings is 1. The Balaban J connectivity index is 1.86. The number of rotatable bonds is 3. The third-order valence-corrected chi connectivity index (χ3v) is 4.78. The van der Waals surface area contributed by atoms with Gasteiger partial charge in [0.1, 0.15) is 5.02 Å². The van der Waals surface area contributed by atoms with E-state index in [0.717, 1.165) is 11.1 Å². The first-order valence-electron chi connectivity index (χ1n) is 8.28. The summed E-state index contributed by atoms with van der Waals surface area (Å²) in [7, 11) is 0. The number of aryl methyl sites for hydroxylation is 2. The third kappa shape index (κ3) is 3.29. The predicted molar refractivity (Wildman–Crippen MR) is 104 cm³/mol. The molecule has 0 atom stereocenters. The Labute approximate surface area is 152 Å². The minimum atomic E-state index is -0.409. The lowest BCUT2D eigenvalue weighted by atomic mass is 10.1. The lowest BCUT2D eigenvalue weighted by Gasteiger charge is -2.21. The molecule has 0 saturated heterocycles. The van der Waals surface area contributed by atoms with Crippen molar-refractivity contribution in [2.45, 2.75) is 46.7 Å². The maximum absolute atomic E-state index is 12.4. The van der Waals surface area contributed by atoms with Crippen LogP contribution in [0.1, 0.15) is 37.6 Å². The number of aromatic amines is 1. The van der Waals surface area contributed by atoms with Gasteiger partial charge >= 0.3 is 0 Å². The van der Waals surface area contributed by atoms with Gasteiger partial charge in [-0.3, -0.25) is 4.79 Å². The molecule has 0 saturated carbocycles. The molecule has 2 N–H and O–H groups in total. The molecule has 2 aromatic heterocycles. The Bertz CT molecular complexity index is 995. The first kappa shape index (κ1) is 17.5. The minimum Gasteiger partial charge on any atom is -0.378 e. The molecule has 0 radical (unpaired) electrons. The number of nitrogens with zero attached hydrogens (tertiary/aromatic N) is 2. The van der Waals surface area contributed by atoms with Crippen molar-refractivity contribution in [2.24, 2.45) is 0 Å². The normalized spacial score (nSPS) is 11.9. The van der Waals surface area contributed by atoms with Crippen molar-refractivity contribution in [1.82, 2.24) is 14.8 Å². The van der Waals surface area contributed by atoms with Crippen LogP contribution in [0, 0.1) is 13.8 Å². The Hall–Kier alpha value is -2.27. The van der Waals surface area contributed by atoms with E-state index in [-0.39, 0.29) is 10.6 Å². The highest BCUT2D eigenvalue weighted by atomic mass is 35.5. The van der Waals surface area contributed by atoms with Gasteiger partial charge in [-0.05, 0) is 57.9 Å². The van der Waals surface area contributed by atoms with E-state index >= 15 is 0 Å². The van der Waals surface area contributed by atoms with Crippen molar-refractivity contribution < 1.29 is 0 Å². The van der Waals surface area contributed by atoms with Crippen LogP contribution in [0.3, 0.4) is 0 Å². The van der Waals surface area contributed by atoms with Crippen LogP contribution in [-0.2, 0) is 12.1 Å². The van der Waals surface area contributed by atoms with E-state index in [1.165, 1.54) is 21.3 Å². The largest absolute Gasteiger partial charge is 0.378 e. The number of hydrogen-bond acceptors (Lipinski definition) is 3. The van der Waals surface area contributed by atoms with Crippen LogP contribution in [0.2, 0.25) is 5.02 Å². The molecule has 132 valence electrons. The topological polar surface area (TPSA) is 62.7 Å². The van der Waals surface area contributed by atoms with Gasteiger partial charge in [-0.15, -0.1) is 0 Å². The molecule has 25 heavy (non-hydrogen) atoms. The zero-order chi connectivity index (χ0) is 18.4. The van der Waals surface area contributed by atoms with E-state index in [1.807, 2.05) is 20.8 Å². The maximum Gasteiger partial charge on any atom is 0.288 e. The molecule has 0 aliphatic carbocycles. The van der Waals surface area contributed by atoms with Crippen molar-refractivity contribution in [3.8, 4) is 0 Å². The van der Waals surface area contributed by atoms with Crippen LogP contribution in [0.5, 0.6) is 0 Å². The fourth-order valence-electron chi connectivity index (χ4n) is 2.85. The summed E-state index contributed by atoms with van der Waals surface area (Å²) in [5.74, 6) is 0. The summed E-state index contributed by atoms with van der Waals surface area (Å²) in [6.07, 6.45) is 1.61. The Kier molecular flexibility index (Phi) is 4.37. The van der Waals surface area contributed by atoms with Gasteiger partial charge in [-0.1, -0.05) is 17.7 Å². The van der Waals surface area contributed by atoms with E-state index < -0.39 is 5.54 Å². The highest BCUT2D eigenvalue weighted by Gasteiger charge is 2.19. The molecule has 3 aromatic rings. The second-order valence-corrected chi connectivity index (χ2v) is 7.75. The fourth-order valence-corrected chi connectivity index (χ4v) is 3.05. The molecule has 0 amide bonds. The number of halogens is 1. The summed E-state index contributed by atoms with van der Waals surface area (Å²) in [5.41, 5.74) is 4.54. The molecular weight excluding hydrogens is 336 g/mol. The van der Waals surface area contributed by atoms with E-state index in [1.54, 1.807) is 6.20 Å². The molecule has 0 aliphatic rings. The van der Waals surface area contributed by atoms with Gasteiger partial charge < -0.3 is 10.3 Å². The van der Waals surface area contributed by atoms with Crippen molar-refractivity contribution in [3.63, 3.8) is 0 Å². The van der Waals surface area contributed by atoms with Crippen LogP contribution in [0.15, 0.2) is 29.2 Å². The number of H-pyrrole nitrogens is 1. The van der Waals surface area contributed by atoms with Crippen LogP contribution >= 0.6 is 11.6 Å². The Morgan fingerprint density at radius 2 is 2.00 bits per heavy atom. The molecule has 2 heterocycles. The van der Waals surface area contributed by atoms with Crippen LogP contribution < -0.4 is 10.9 Å². The summed E-state index contributed by atoms with van der Waals surface area (Å²) < 4.78 is 1.40. The Morgan fingerprint density at radius 3 is 2.68 bits per heavy atom. The van der Waals surface area contributed by atoms with Crippen LogP contribution in [0.4, 0.5) is 5.69 Å². The second-order valence-electron chi connectivity index (χ2n) is 7.37. The second kappa shape index (κ2) is 6.23. The Morgan fingerprint density at radius 1 is 1.28 bits per heavy atom. The van der Waals surface area contributed by atoms with E-state index in [9.17, 15) is 4.79 Å². The molecule has 5 nitrogen and oxygen atoms in total. The highest BCUT2D eigenvalue weighted by molar-refractivity contribution is 6.32.